The van der Waals surface area contributed by atoms with Crippen molar-refractivity contribution in [1.29, 1.82) is 0 Å². The van der Waals surface area contributed by atoms with Gasteiger partial charge in [0, 0.05) is 18.2 Å². The molecule has 6 heteroatoms. The molecule has 98 valence electrons. The molecule has 0 radical (unpaired) electrons. The van der Waals surface area contributed by atoms with Gasteiger partial charge in [0.2, 0.25) is 0 Å². The van der Waals surface area contributed by atoms with E-state index in [4.69, 9.17) is 0 Å². The smallest absolute Gasteiger partial charge is 0.188 e. The number of carbonyl (C=O) groups excluding carboxylic acids is 1. The molecule has 0 spiro atoms. The van der Waals surface area contributed by atoms with Crippen molar-refractivity contribution in [3.05, 3.63) is 63.6 Å². The average molecular weight is 330 g/mol. The van der Waals surface area contributed by atoms with Crippen molar-refractivity contribution in [3.63, 3.8) is 0 Å². The Kier molecular flexibility index (Phi) is 3.99. The Bertz CT molecular complexity index is 646. The molecule has 0 aliphatic carbocycles. The molecular formula is C13H7BrF3NO. The molecule has 0 aliphatic heterocycles. The number of ketones is 1. The van der Waals surface area contributed by atoms with Crippen LogP contribution in [0.25, 0.3) is 0 Å². The zero-order valence-corrected chi connectivity index (χ0v) is 11.0. The predicted molar refractivity (Wildman–Crippen MR) is 66.3 cm³/mol. The van der Waals surface area contributed by atoms with Crippen LogP contribution in [0.15, 0.2) is 34.9 Å². The highest BCUT2D eigenvalue weighted by Crippen LogP contribution is 2.23. The quantitative estimate of drug-likeness (QED) is 0.635. The molecule has 0 saturated carbocycles. The number of nitrogens with zero attached hydrogens (tertiary/aromatic N) is 1. The lowest BCUT2D eigenvalue weighted by atomic mass is 10.1. The molecule has 0 amide bonds. The van der Waals surface area contributed by atoms with E-state index in [1.54, 1.807) is 0 Å². The van der Waals surface area contributed by atoms with Crippen molar-refractivity contribution < 1.29 is 18.0 Å². The van der Waals surface area contributed by atoms with E-state index < -0.39 is 40.9 Å². The minimum Gasteiger partial charge on any atom is -0.292 e. The first-order valence-electron chi connectivity index (χ1n) is 5.26. The number of halogens is 4. The van der Waals surface area contributed by atoms with Gasteiger partial charge in [-0.3, -0.25) is 9.78 Å². The number of benzene rings is 1. The molecule has 1 aromatic carbocycles. The van der Waals surface area contributed by atoms with Gasteiger partial charge >= 0.3 is 0 Å². The lowest BCUT2D eigenvalue weighted by Crippen LogP contribution is -2.11. The Morgan fingerprint density at radius 2 is 1.89 bits per heavy atom. The lowest BCUT2D eigenvalue weighted by Gasteiger charge is -2.06. The number of pyridine rings is 1. The standard InChI is InChI=1S/C13H7BrF3NO/c14-8-3-4-9(15)7(12(8)17)6-11(19)13-10(16)2-1-5-18-13/h1-5H,6H2. The van der Waals surface area contributed by atoms with Gasteiger partial charge < -0.3 is 0 Å². The summed E-state index contributed by atoms with van der Waals surface area (Å²) in [6.45, 7) is 0. The molecule has 1 aromatic heterocycles. The van der Waals surface area contributed by atoms with Crippen LogP contribution in [0.3, 0.4) is 0 Å². The van der Waals surface area contributed by atoms with Crippen molar-refractivity contribution in [3.8, 4) is 0 Å². The van der Waals surface area contributed by atoms with E-state index in [1.165, 1.54) is 18.3 Å². The van der Waals surface area contributed by atoms with Crippen LogP contribution in [0.1, 0.15) is 16.1 Å². The van der Waals surface area contributed by atoms with E-state index in [2.05, 4.69) is 20.9 Å². The maximum Gasteiger partial charge on any atom is 0.188 e. The predicted octanol–water partition coefficient (Wildman–Crippen LogP) is 3.69. The van der Waals surface area contributed by atoms with Crippen molar-refractivity contribution in [2.45, 2.75) is 6.42 Å². The Morgan fingerprint density at radius 1 is 1.16 bits per heavy atom. The fourth-order valence-corrected chi connectivity index (χ4v) is 1.94. The van der Waals surface area contributed by atoms with Crippen LogP contribution in [0.4, 0.5) is 13.2 Å². The Hall–Kier alpha value is -1.69. The summed E-state index contributed by atoms with van der Waals surface area (Å²) in [4.78, 5) is 15.4. The van der Waals surface area contributed by atoms with Crippen molar-refractivity contribution in [1.82, 2.24) is 4.98 Å². The fraction of sp³-hybridized carbons (Fsp3) is 0.0769. The lowest BCUT2D eigenvalue weighted by molar-refractivity contribution is 0.0981. The van der Waals surface area contributed by atoms with Crippen molar-refractivity contribution in [2.24, 2.45) is 0 Å². The highest BCUT2D eigenvalue weighted by atomic mass is 79.9. The summed E-state index contributed by atoms with van der Waals surface area (Å²) in [5.41, 5.74) is -0.842. The van der Waals surface area contributed by atoms with Gasteiger partial charge in [0.15, 0.2) is 11.6 Å². The second-order valence-corrected chi connectivity index (χ2v) is 4.61. The maximum atomic E-state index is 13.7. The first-order chi connectivity index (χ1) is 9.00. The molecule has 0 bridgehead atoms. The van der Waals surface area contributed by atoms with E-state index in [0.29, 0.717) is 0 Å². The minimum atomic E-state index is -0.871. The number of hydrogen-bond acceptors (Lipinski definition) is 2. The third kappa shape index (κ3) is 2.84. The van der Waals surface area contributed by atoms with Crippen LogP contribution >= 0.6 is 15.9 Å². The minimum absolute atomic E-state index is 0.0400. The average Bonchev–Trinajstić information content (AvgIpc) is 2.39. The molecule has 0 atom stereocenters. The zero-order valence-electron chi connectivity index (χ0n) is 9.46. The number of aromatic nitrogens is 1. The summed E-state index contributed by atoms with van der Waals surface area (Å²) in [6, 6.07) is 4.62. The Morgan fingerprint density at radius 3 is 2.58 bits per heavy atom. The van der Waals surface area contributed by atoms with Gasteiger partial charge in [-0.15, -0.1) is 0 Å². The summed E-state index contributed by atoms with van der Waals surface area (Å²) in [5.74, 6) is -3.33. The van der Waals surface area contributed by atoms with Gasteiger partial charge in [-0.25, -0.2) is 13.2 Å². The molecule has 2 aromatic rings. The Labute approximate surface area is 115 Å². The second kappa shape index (κ2) is 5.52. The number of hydrogen-bond donors (Lipinski definition) is 0. The number of rotatable bonds is 3. The molecular weight excluding hydrogens is 323 g/mol. The molecule has 0 saturated heterocycles. The normalized spacial score (nSPS) is 10.5. The summed E-state index contributed by atoms with van der Waals surface area (Å²) in [6.07, 6.45) is 0.648. The van der Waals surface area contributed by atoms with Crippen LogP contribution in [0, 0.1) is 17.5 Å². The van der Waals surface area contributed by atoms with E-state index in [1.807, 2.05) is 0 Å². The molecule has 0 N–H and O–H groups in total. The van der Waals surface area contributed by atoms with Crippen LogP contribution < -0.4 is 0 Å². The molecule has 0 unspecified atom stereocenters. The highest BCUT2D eigenvalue weighted by molar-refractivity contribution is 9.10. The van der Waals surface area contributed by atoms with Crippen LogP contribution in [0.5, 0.6) is 0 Å². The third-order valence-corrected chi connectivity index (χ3v) is 3.11. The van der Waals surface area contributed by atoms with Gasteiger partial charge in [-0.05, 0) is 40.2 Å². The zero-order chi connectivity index (χ0) is 14.0. The summed E-state index contributed by atoms with van der Waals surface area (Å²) in [7, 11) is 0. The molecule has 2 nitrogen and oxygen atoms in total. The van der Waals surface area contributed by atoms with Gasteiger partial charge in [-0.1, -0.05) is 0 Å². The van der Waals surface area contributed by atoms with E-state index >= 15 is 0 Å². The SMILES string of the molecule is O=C(Cc1c(F)ccc(Br)c1F)c1ncccc1F. The summed E-state index contributed by atoms with van der Waals surface area (Å²) in [5, 5.41) is 0. The Balaban J connectivity index is 2.35. The largest absolute Gasteiger partial charge is 0.292 e. The first-order valence-corrected chi connectivity index (χ1v) is 6.06. The number of carbonyl (C=O) groups is 1. The number of Topliss-reactive ketones (excluding diaryl/α,β-unsaturated/α-hetero) is 1. The summed E-state index contributed by atoms with van der Waals surface area (Å²) < 4.78 is 40.5. The fourth-order valence-electron chi connectivity index (χ4n) is 1.57. The van der Waals surface area contributed by atoms with Gasteiger partial charge in [0.05, 0.1) is 4.47 Å². The molecule has 19 heavy (non-hydrogen) atoms. The van der Waals surface area contributed by atoms with E-state index in [0.717, 1.165) is 12.1 Å². The van der Waals surface area contributed by atoms with Crippen molar-refractivity contribution in [2.75, 3.05) is 0 Å². The van der Waals surface area contributed by atoms with Crippen LogP contribution in [0.2, 0.25) is 0 Å². The van der Waals surface area contributed by atoms with Crippen LogP contribution in [-0.2, 0) is 6.42 Å². The maximum absolute atomic E-state index is 13.7. The van der Waals surface area contributed by atoms with Crippen molar-refractivity contribution >= 4 is 21.7 Å². The third-order valence-electron chi connectivity index (χ3n) is 2.50. The molecule has 0 fully saturated rings. The van der Waals surface area contributed by atoms with Gasteiger partial charge in [0.25, 0.3) is 0 Å². The summed E-state index contributed by atoms with van der Waals surface area (Å²) >= 11 is 2.90. The first kappa shape index (κ1) is 13.7. The van der Waals surface area contributed by atoms with Gasteiger partial charge in [-0.2, -0.15) is 0 Å². The molecule has 2 rings (SSSR count). The topological polar surface area (TPSA) is 30.0 Å². The van der Waals surface area contributed by atoms with E-state index in [-0.39, 0.29) is 4.47 Å². The molecule has 1 heterocycles. The van der Waals surface area contributed by atoms with Crippen LogP contribution in [-0.4, -0.2) is 10.8 Å². The second-order valence-electron chi connectivity index (χ2n) is 3.76. The monoisotopic (exact) mass is 329 g/mol. The molecule has 0 aliphatic rings. The van der Waals surface area contributed by atoms with E-state index in [9.17, 15) is 18.0 Å². The van der Waals surface area contributed by atoms with Gasteiger partial charge in [0.1, 0.15) is 17.3 Å². The highest BCUT2D eigenvalue weighted by Gasteiger charge is 2.19.